The van der Waals surface area contributed by atoms with Crippen molar-refractivity contribution in [1.29, 1.82) is 0 Å². The van der Waals surface area contributed by atoms with Crippen molar-refractivity contribution in [1.82, 2.24) is 4.90 Å². The molecule has 1 aromatic rings. The summed E-state index contributed by atoms with van der Waals surface area (Å²) >= 11 is 0. The van der Waals surface area contributed by atoms with Crippen molar-refractivity contribution in [3.63, 3.8) is 0 Å². The molecule has 0 atom stereocenters. The molecule has 1 aliphatic heterocycles. The van der Waals surface area contributed by atoms with E-state index in [9.17, 15) is 0 Å². The Kier molecular flexibility index (Phi) is 3.88. The van der Waals surface area contributed by atoms with E-state index in [2.05, 4.69) is 11.0 Å². The first-order valence-electron chi connectivity index (χ1n) is 7.86. The predicted molar refractivity (Wildman–Crippen MR) is 82.8 cm³/mol. The van der Waals surface area contributed by atoms with Crippen molar-refractivity contribution < 1.29 is 4.74 Å². The summed E-state index contributed by atoms with van der Waals surface area (Å²) in [6, 6.07) is 5.97. The van der Waals surface area contributed by atoms with E-state index < -0.39 is 0 Å². The average Bonchev–Trinajstić information content (AvgIpc) is 2.92. The lowest BCUT2D eigenvalue weighted by Gasteiger charge is -2.39. The second-order valence-corrected chi connectivity index (χ2v) is 6.55. The van der Waals surface area contributed by atoms with Gasteiger partial charge >= 0.3 is 0 Å². The monoisotopic (exact) mass is 274 g/mol. The van der Waals surface area contributed by atoms with Gasteiger partial charge in [0.25, 0.3) is 0 Å². The fourth-order valence-electron chi connectivity index (χ4n) is 3.90. The quantitative estimate of drug-likeness (QED) is 0.858. The highest BCUT2D eigenvalue weighted by Crippen LogP contribution is 2.46. The fourth-order valence-corrected chi connectivity index (χ4v) is 3.90. The van der Waals surface area contributed by atoms with Crippen LogP contribution in [0.2, 0.25) is 0 Å². The Morgan fingerprint density at radius 1 is 1.15 bits per heavy atom. The van der Waals surface area contributed by atoms with E-state index in [0.717, 1.165) is 18.0 Å². The number of benzene rings is 1. The lowest BCUT2D eigenvalue weighted by Crippen LogP contribution is -2.38. The van der Waals surface area contributed by atoms with Crippen LogP contribution < -0.4 is 10.5 Å². The minimum Gasteiger partial charge on any atom is -0.497 e. The summed E-state index contributed by atoms with van der Waals surface area (Å²) in [5.41, 5.74) is 8.87. The zero-order chi connectivity index (χ0) is 14.0. The van der Waals surface area contributed by atoms with Crippen LogP contribution in [0.4, 0.5) is 5.69 Å². The first-order chi connectivity index (χ1) is 9.71. The second kappa shape index (κ2) is 5.65. The molecular formula is C17H26N2O. The largest absolute Gasteiger partial charge is 0.497 e. The Hall–Kier alpha value is -1.22. The maximum Gasteiger partial charge on any atom is 0.119 e. The molecule has 2 aliphatic rings. The van der Waals surface area contributed by atoms with Crippen molar-refractivity contribution >= 4 is 5.69 Å². The molecule has 110 valence electrons. The lowest BCUT2D eigenvalue weighted by atomic mass is 9.77. The normalized spacial score (nSPS) is 22.2. The molecule has 2 N–H and O–H groups in total. The van der Waals surface area contributed by atoms with Crippen LogP contribution in [0.5, 0.6) is 5.75 Å². The molecule has 1 spiro atoms. The Bertz CT molecular complexity index is 456. The molecule has 0 aromatic heterocycles. The summed E-state index contributed by atoms with van der Waals surface area (Å²) in [4.78, 5) is 2.55. The molecule has 20 heavy (non-hydrogen) atoms. The van der Waals surface area contributed by atoms with Gasteiger partial charge in [-0.3, -0.25) is 4.90 Å². The standard InChI is InChI=1S/C17H26N2O/c1-20-15-4-5-16(18)14(12-15)13-19-10-8-17(9-11-19)6-2-3-7-17/h4-5,12H,2-3,6-11,13,18H2,1H3. The SMILES string of the molecule is COc1ccc(N)c(CN2CCC3(CCCC3)CC2)c1. The Morgan fingerprint density at radius 3 is 2.50 bits per heavy atom. The predicted octanol–water partition coefficient (Wildman–Crippen LogP) is 3.43. The van der Waals surface area contributed by atoms with Gasteiger partial charge in [-0.15, -0.1) is 0 Å². The average molecular weight is 274 g/mol. The fraction of sp³-hybridized carbons (Fsp3) is 0.647. The van der Waals surface area contributed by atoms with Gasteiger partial charge in [0, 0.05) is 12.2 Å². The summed E-state index contributed by atoms with van der Waals surface area (Å²) in [6.45, 7) is 3.40. The molecule has 1 saturated heterocycles. The van der Waals surface area contributed by atoms with Crippen molar-refractivity contribution in [2.24, 2.45) is 5.41 Å². The van der Waals surface area contributed by atoms with Gasteiger partial charge in [-0.25, -0.2) is 0 Å². The first kappa shape index (κ1) is 13.7. The van der Waals surface area contributed by atoms with Gasteiger partial charge in [0.15, 0.2) is 0 Å². The molecule has 0 amide bonds. The van der Waals surface area contributed by atoms with Gasteiger partial charge in [0.05, 0.1) is 7.11 Å². The third-order valence-corrected chi connectivity index (χ3v) is 5.33. The highest BCUT2D eigenvalue weighted by atomic mass is 16.5. The number of nitrogen functional groups attached to an aromatic ring is 1. The van der Waals surface area contributed by atoms with Gasteiger partial charge in [-0.2, -0.15) is 0 Å². The number of hydrogen-bond donors (Lipinski definition) is 1. The van der Waals surface area contributed by atoms with Gasteiger partial charge in [-0.05, 0) is 68.0 Å². The molecular weight excluding hydrogens is 248 g/mol. The number of nitrogens with two attached hydrogens (primary N) is 1. The molecule has 0 radical (unpaired) electrons. The smallest absolute Gasteiger partial charge is 0.119 e. The van der Waals surface area contributed by atoms with Crippen LogP contribution in [0.3, 0.4) is 0 Å². The summed E-state index contributed by atoms with van der Waals surface area (Å²) in [6.07, 6.45) is 8.56. The molecule has 1 heterocycles. The van der Waals surface area contributed by atoms with Gasteiger partial charge in [-0.1, -0.05) is 12.8 Å². The van der Waals surface area contributed by atoms with Gasteiger partial charge in [0.2, 0.25) is 0 Å². The molecule has 0 bridgehead atoms. The molecule has 0 unspecified atom stereocenters. The Labute approximate surface area is 122 Å². The molecule has 1 aliphatic carbocycles. The van der Waals surface area contributed by atoms with E-state index in [-0.39, 0.29) is 0 Å². The minimum absolute atomic E-state index is 0.691. The zero-order valence-electron chi connectivity index (χ0n) is 12.5. The lowest BCUT2D eigenvalue weighted by molar-refractivity contribution is 0.104. The van der Waals surface area contributed by atoms with Crippen LogP contribution in [-0.4, -0.2) is 25.1 Å². The van der Waals surface area contributed by atoms with Crippen LogP contribution in [0.1, 0.15) is 44.1 Å². The Balaban J connectivity index is 1.62. The Morgan fingerprint density at radius 2 is 1.85 bits per heavy atom. The van der Waals surface area contributed by atoms with Crippen LogP contribution in [0, 0.1) is 5.41 Å². The minimum atomic E-state index is 0.691. The molecule has 2 fully saturated rings. The van der Waals surface area contributed by atoms with Crippen LogP contribution >= 0.6 is 0 Å². The second-order valence-electron chi connectivity index (χ2n) is 6.55. The van der Waals surface area contributed by atoms with Crippen molar-refractivity contribution in [3.05, 3.63) is 23.8 Å². The van der Waals surface area contributed by atoms with E-state index >= 15 is 0 Å². The van der Waals surface area contributed by atoms with Crippen LogP contribution in [0.25, 0.3) is 0 Å². The van der Waals surface area contributed by atoms with Crippen molar-refractivity contribution in [2.45, 2.75) is 45.1 Å². The number of hydrogen-bond acceptors (Lipinski definition) is 3. The van der Waals surface area contributed by atoms with E-state index in [0.29, 0.717) is 5.41 Å². The summed E-state index contributed by atoms with van der Waals surface area (Å²) in [5.74, 6) is 0.901. The molecule has 1 aromatic carbocycles. The van der Waals surface area contributed by atoms with Gasteiger partial charge in [0.1, 0.15) is 5.75 Å². The van der Waals surface area contributed by atoms with Crippen molar-refractivity contribution in [2.75, 3.05) is 25.9 Å². The summed E-state index contributed by atoms with van der Waals surface area (Å²) in [7, 11) is 1.71. The number of methoxy groups -OCH3 is 1. The molecule has 1 saturated carbocycles. The topological polar surface area (TPSA) is 38.5 Å². The number of anilines is 1. The maximum absolute atomic E-state index is 6.09. The molecule has 3 nitrogen and oxygen atoms in total. The van der Waals surface area contributed by atoms with E-state index in [4.69, 9.17) is 10.5 Å². The van der Waals surface area contributed by atoms with E-state index in [1.807, 2.05) is 12.1 Å². The van der Waals surface area contributed by atoms with Crippen LogP contribution in [0.15, 0.2) is 18.2 Å². The highest BCUT2D eigenvalue weighted by molar-refractivity contribution is 5.50. The zero-order valence-corrected chi connectivity index (χ0v) is 12.5. The highest BCUT2D eigenvalue weighted by Gasteiger charge is 2.36. The number of piperidine rings is 1. The third kappa shape index (κ3) is 2.78. The van der Waals surface area contributed by atoms with Gasteiger partial charge < -0.3 is 10.5 Å². The number of rotatable bonds is 3. The molecule has 3 rings (SSSR count). The third-order valence-electron chi connectivity index (χ3n) is 5.33. The summed E-state index contributed by atoms with van der Waals surface area (Å²) in [5, 5.41) is 0. The first-order valence-corrected chi connectivity index (χ1v) is 7.86. The number of nitrogens with zero attached hydrogens (tertiary/aromatic N) is 1. The molecule has 3 heteroatoms. The van der Waals surface area contributed by atoms with Crippen molar-refractivity contribution in [3.8, 4) is 5.75 Å². The number of ether oxygens (including phenoxy) is 1. The maximum atomic E-state index is 6.09. The van der Waals surface area contributed by atoms with E-state index in [1.165, 1.54) is 57.2 Å². The number of likely N-dealkylation sites (tertiary alicyclic amines) is 1. The summed E-state index contributed by atoms with van der Waals surface area (Å²) < 4.78 is 5.30. The van der Waals surface area contributed by atoms with Crippen LogP contribution in [-0.2, 0) is 6.54 Å². The van der Waals surface area contributed by atoms with E-state index in [1.54, 1.807) is 7.11 Å².